The Hall–Kier alpha value is -1.43. The Morgan fingerprint density at radius 2 is 1.78 bits per heavy atom. The smallest absolute Gasteiger partial charge is 0.224 e. The fourth-order valence-corrected chi connectivity index (χ4v) is 2.80. The number of piperazine rings is 1. The summed E-state index contributed by atoms with van der Waals surface area (Å²) in [5.74, 6) is 0.0331. The fourth-order valence-electron chi connectivity index (χ4n) is 2.80. The van der Waals surface area contributed by atoms with Crippen molar-refractivity contribution in [3.8, 4) is 0 Å². The number of nitrogens with one attached hydrogen (secondary N) is 1. The topological polar surface area (TPSA) is 61.6 Å². The van der Waals surface area contributed by atoms with E-state index in [1.807, 2.05) is 19.1 Å². The molecule has 5 nitrogen and oxygen atoms in total. The van der Waals surface area contributed by atoms with Crippen molar-refractivity contribution in [2.45, 2.75) is 39.3 Å². The van der Waals surface area contributed by atoms with E-state index in [1.165, 1.54) is 5.56 Å². The van der Waals surface area contributed by atoms with Crippen LogP contribution in [0.3, 0.4) is 0 Å². The highest BCUT2D eigenvalue weighted by atomic mass is 16.1. The van der Waals surface area contributed by atoms with E-state index in [0.29, 0.717) is 12.8 Å². The Labute approximate surface area is 139 Å². The lowest BCUT2D eigenvalue weighted by atomic mass is 10.1. The highest BCUT2D eigenvalue weighted by molar-refractivity contribution is 5.90. The zero-order valence-electron chi connectivity index (χ0n) is 14.4. The zero-order valence-corrected chi connectivity index (χ0v) is 14.4. The van der Waals surface area contributed by atoms with Gasteiger partial charge in [0, 0.05) is 50.9 Å². The van der Waals surface area contributed by atoms with Gasteiger partial charge in [0.05, 0.1) is 0 Å². The van der Waals surface area contributed by atoms with Crippen molar-refractivity contribution in [3.63, 3.8) is 0 Å². The highest BCUT2D eigenvalue weighted by Gasteiger charge is 2.15. The van der Waals surface area contributed by atoms with Crippen LogP contribution in [0.4, 0.5) is 5.69 Å². The van der Waals surface area contributed by atoms with Crippen LogP contribution in [0.2, 0.25) is 0 Å². The van der Waals surface area contributed by atoms with E-state index in [9.17, 15) is 4.79 Å². The number of carbonyl (C=O) groups is 1. The molecule has 1 aliphatic rings. The van der Waals surface area contributed by atoms with Crippen LogP contribution < -0.4 is 11.1 Å². The number of carbonyl (C=O) groups excluding carboxylic acids is 1. The second-order valence-corrected chi connectivity index (χ2v) is 6.47. The Morgan fingerprint density at radius 3 is 2.35 bits per heavy atom. The third-order valence-electron chi connectivity index (χ3n) is 4.38. The quantitative estimate of drug-likeness (QED) is 0.806. The number of nitrogens with two attached hydrogens (primary N) is 1. The highest BCUT2D eigenvalue weighted by Crippen LogP contribution is 2.13. The summed E-state index contributed by atoms with van der Waals surface area (Å²) in [5, 5.41) is 2.93. The first-order valence-corrected chi connectivity index (χ1v) is 8.66. The molecule has 23 heavy (non-hydrogen) atoms. The molecule has 1 aromatic rings. The van der Waals surface area contributed by atoms with Crippen LogP contribution in [-0.2, 0) is 11.3 Å². The van der Waals surface area contributed by atoms with Crippen molar-refractivity contribution in [2.24, 2.45) is 5.73 Å². The van der Waals surface area contributed by atoms with E-state index in [4.69, 9.17) is 5.73 Å². The molecular weight excluding hydrogens is 288 g/mol. The van der Waals surface area contributed by atoms with Crippen LogP contribution in [0.25, 0.3) is 0 Å². The first-order chi connectivity index (χ1) is 11.1. The lowest BCUT2D eigenvalue weighted by molar-refractivity contribution is -0.116. The summed E-state index contributed by atoms with van der Waals surface area (Å²) in [6.07, 6.45) is 1.19. The summed E-state index contributed by atoms with van der Waals surface area (Å²) < 4.78 is 0. The van der Waals surface area contributed by atoms with Gasteiger partial charge in [0.15, 0.2) is 0 Å². The Kier molecular flexibility index (Phi) is 7.02. The molecule has 0 saturated carbocycles. The largest absolute Gasteiger partial charge is 0.328 e. The molecule has 1 atom stereocenters. The van der Waals surface area contributed by atoms with Crippen LogP contribution >= 0.6 is 0 Å². The number of hydrogen-bond donors (Lipinski definition) is 2. The summed E-state index contributed by atoms with van der Waals surface area (Å²) in [7, 11) is 0. The van der Waals surface area contributed by atoms with Gasteiger partial charge in [-0.1, -0.05) is 19.1 Å². The number of hydrogen-bond acceptors (Lipinski definition) is 4. The molecule has 1 aliphatic heterocycles. The van der Waals surface area contributed by atoms with E-state index < -0.39 is 0 Å². The van der Waals surface area contributed by atoms with E-state index in [1.54, 1.807) is 0 Å². The molecule has 2 rings (SSSR count). The maximum atomic E-state index is 11.8. The number of benzene rings is 1. The standard InChI is InChI=1S/C18H30N4O/c1-3-21-10-12-22(13-11-21)14-16-5-7-17(8-6-16)20-18(23)9-4-15(2)19/h5-8,15H,3-4,9-14,19H2,1-2H3,(H,20,23). The molecule has 0 aliphatic carbocycles. The van der Waals surface area contributed by atoms with Crippen molar-refractivity contribution in [1.82, 2.24) is 9.80 Å². The molecule has 128 valence electrons. The SMILES string of the molecule is CCN1CCN(Cc2ccc(NC(=O)CCC(C)N)cc2)CC1. The van der Waals surface area contributed by atoms with Gasteiger partial charge >= 0.3 is 0 Å². The van der Waals surface area contributed by atoms with E-state index in [2.05, 4.69) is 34.2 Å². The van der Waals surface area contributed by atoms with Gasteiger partial charge in [0.1, 0.15) is 0 Å². The van der Waals surface area contributed by atoms with E-state index in [0.717, 1.165) is 45.0 Å². The molecule has 1 saturated heterocycles. The lowest BCUT2D eigenvalue weighted by Gasteiger charge is -2.34. The molecule has 0 radical (unpaired) electrons. The molecule has 0 aromatic heterocycles. The minimum atomic E-state index is 0.0331. The maximum Gasteiger partial charge on any atom is 0.224 e. The normalized spacial score (nSPS) is 17.9. The van der Waals surface area contributed by atoms with Crippen LogP contribution in [0.5, 0.6) is 0 Å². The molecule has 5 heteroatoms. The Bertz CT molecular complexity index is 478. The number of rotatable bonds is 7. The third kappa shape index (κ3) is 6.29. The molecular formula is C18H30N4O. The summed E-state index contributed by atoms with van der Waals surface area (Å²) in [6, 6.07) is 8.25. The minimum absolute atomic E-state index is 0.0331. The first-order valence-electron chi connectivity index (χ1n) is 8.66. The molecule has 1 unspecified atom stereocenters. The molecule has 1 heterocycles. The minimum Gasteiger partial charge on any atom is -0.328 e. The second kappa shape index (κ2) is 9.01. The predicted octanol–water partition coefficient (Wildman–Crippen LogP) is 1.89. The van der Waals surface area contributed by atoms with Crippen molar-refractivity contribution >= 4 is 11.6 Å². The number of likely N-dealkylation sites (N-methyl/N-ethyl adjacent to an activating group) is 1. The second-order valence-electron chi connectivity index (χ2n) is 6.47. The number of amides is 1. The van der Waals surface area contributed by atoms with Crippen molar-refractivity contribution in [3.05, 3.63) is 29.8 Å². The van der Waals surface area contributed by atoms with Gasteiger partial charge in [-0.05, 0) is 37.6 Å². The predicted molar refractivity (Wildman–Crippen MR) is 95.3 cm³/mol. The van der Waals surface area contributed by atoms with Gasteiger partial charge in [-0.15, -0.1) is 0 Å². The summed E-state index contributed by atoms with van der Waals surface area (Å²) >= 11 is 0. The molecule has 1 amide bonds. The molecule has 0 spiro atoms. The number of nitrogens with zero attached hydrogens (tertiary/aromatic N) is 2. The summed E-state index contributed by atoms with van der Waals surface area (Å²) in [5.41, 5.74) is 7.83. The molecule has 3 N–H and O–H groups in total. The van der Waals surface area contributed by atoms with Crippen LogP contribution in [0.15, 0.2) is 24.3 Å². The van der Waals surface area contributed by atoms with Gasteiger partial charge in [0.25, 0.3) is 0 Å². The van der Waals surface area contributed by atoms with Gasteiger partial charge < -0.3 is 16.0 Å². The third-order valence-corrected chi connectivity index (χ3v) is 4.38. The van der Waals surface area contributed by atoms with E-state index >= 15 is 0 Å². The average molecular weight is 318 g/mol. The monoisotopic (exact) mass is 318 g/mol. The maximum absolute atomic E-state index is 11.8. The average Bonchev–Trinajstić information content (AvgIpc) is 2.55. The van der Waals surface area contributed by atoms with Crippen molar-refractivity contribution in [1.29, 1.82) is 0 Å². The lowest BCUT2D eigenvalue weighted by Crippen LogP contribution is -2.45. The van der Waals surface area contributed by atoms with Gasteiger partial charge in [0.2, 0.25) is 5.91 Å². The van der Waals surface area contributed by atoms with Crippen LogP contribution in [0, 0.1) is 0 Å². The Morgan fingerprint density at radius 1 is 1.17 bits per heavy atom. The molecule has 1 fully saturated rings. The fraction of sp³-hybridized carbons (Fsp3) is 0.611. The van der Waals surface area contributed by atoms with Gasteiger partial charge in [-0.25, -0.2) is 0 Å². The molecule has 1 aromatic carbocycles. The van der Waals surface area contributed by atoms with Crippen LogP contribution in [0.1, 0.15) is 32.3 Å². The Balaban J connectivity index is 1.77. The summed E-state index contributed by atoms with van der Waals surface area (Å²) in [4.78, 5) is 16.8. The van der Waals surface area contributed by atoms with Crippen molar-refractivity contribution in [2.75, 3.05) is 38.0 Å². The van der Waals surface area contributed by atoms with Gasteiger partial charge in [-0.2, -0.15) is 0 Å². The van der Waals surface area contributed by atoms with Crippen molar-refractivity contribution < 1.29 is 4.79 Å². The first kappa shape index (κ1) is 17.9. The molecule has 0 bridgehead atoms. The zero-order chi connectivity index (χ0) is 16.7. The number of anilines is 1. The van der Waals surface area contributed by atoms with E-state index in [-0.39, 0.29) is 11.9 Å². The van der Waals surface area contributed by atoms with Gasteiger partial charge in [-0.3, -0.25) is 9.69 Å². The van der Waals surface area contributed by atoms with Crippen LogP contribution in [-0.4, -0.2) is 54.5 Å². The summed E-state index contributed by atoms with van der Waals surface area (Å²) in [6.45, 7) is 10.8.